The molecule has 1 atom stereocenters. The van der Waals surface area contributed by atoms with E-state index in [1.54, 1.807) is 0 Å². The first-order chi connectivity index (χ1) is 8.31. The first kappa shape index (κ1) is 17.6. The van der Waals surface area contributed by atoms with Crippen LogP contribution in [0.3, 0.4) is 0 Å². The second kappa shape index (κ2) is 9.56. The Morgan fingerprint density at radius 1 is 1.06 bits per heavy atom. The second-order valence-corrected chi connectivity index (χ2v) is 12.2. The van der Waals surface area contributed by atoms with Crippen molar-refractivity contribution in [2.45, 2.75) is 83.1 Å². The van der Waals surface area contributed by atoms with E-state index in [1.165, 1.54) is 18.9 Å². The maximum atomic E-state index is 10.3. The van der Waals surface area contributed by atoms with E-state index in [-0.39, 0.29) is 0 Å². The van der Waals surface area contributed by atoms with E-state index >= 15 is 0 Å². The molecule has 3 N–H and O–H groups in total. The highest BCUT2D eigenvalue weighted by Gasteiger charge is 2.12. The summed E-state index contributed by atoms with van der Waals surface area (Å²) >= 11 is 0. The summed E-state index contributed by atoms with van der Waals surface area (Å²) in [7, 11) is -0.873. The Hall–Kier alpha value is -0.353. The number of carbonyl (C=O) groups is 1. The van der Waals surface area contributed by atoms with Crippen molar-refractivity contribution in [1.29, 1.82) is 0 Å². The molecule has 0 heterocycles. The summed E-state index contributed by atoms with van der Waals surface area (Å²) < 4.78 is 0. The van der Waals surface area contributed by atoms with Gasteiger partial charge in [-0.15, -0.1) is 0 Å². The third kappa shape index (κ3) is 13.7. The van der Waals surface area contributed by atoms with Gasteiger partial charge in [0.15, 0.2) is 0 Å². The molecule has 0 amide bonds. The highest BCUT2D eigenvalue weighted by atomic mass is 28.3. The molecule has 0 aromatic heterocycles. The summed E-state index contributed by atoms with van der Waals surface area (Å²) in [6, 6.07) is 1.72. The number of aliphatic carboxylic acids is 1. The summed E-state index contributed by atoms with van der Waals surface area (Å²) in [6.07, 6.45) is 7.90. The number of carboxylic acid groups (broad SMARTS) is 1. The van der Waals surface area contributed by atoms with Gasteiger partial charge in [-0.2, -0.15) is 0 Å². The second-order valence-electron chi connectivity index (χ2n) is 6.56. The summed E-state index contributed by atoms with van der Waals surface area (Å²) in [6.45, 7) is 7.24. The topological polar surface area (TPSA) is 63.3 Å². The fourth-order valence-corrected chi connectivity index (χ4v) is 3.38. The van der Waals surface area contributed by atoms with Crippen LogP contribution < -0.4 is 5.73 Å². The van der Waals surface area contributed by atoms with Gasteiger partial charge in [0.2, 0.25) is 0 Å². The minimum Gasteiger partial charge on any atom is -0.481 e. The molecule has 0 bridgehead atoms. The van der Waals surface area contributed by atoms with Crippen LogP contribution in [0.1, 0.15) is 51.4 Å². The molecule has 3 nitrogen and oxygen atoms in total. The van der Waals surface area contributed by atoms with Gasteiger partial charge in [0.25, 0.3) is 0 Å². The normalized spacial score (nSPS) is 13.6. The van der Waals surface area contributed by atoms with Crippen LogP contribution in [0.4, 0.5) is 0 Å². The van der Waals surface area contributed by atoms with Crippen LogP contribution >= 0.6 is 0 Å². The first-order valence-corrected chi connectivity index (χ1v) is 11.0. The van der Waals surface area contributed by atoms with Crippen molar-refractivity contribution < 1.29 is 9.90 Å². The average molecular weight is 273 g/mol. The molecule has 0 aliphatic rings. The SMILES string of the molecule is C[Si](C)(C)CCCCC(N)CCCCCC(=O)O. The van der Waals surface area contributed by atoms with Crippen LogP contribution in [-0.4, -0.2) is 25.2 Å². The van der Waals surface area contributed by atoms with E-state index in [1.807, 2.05) is 0 Å². The highest BCUT2D eigenvalue weighted by Crippen LogP contribution is 2.15. The van der Waals surface area contributed by atoms with E-state index in [2.05, 4.69) is 19.6 Å². The monoisotopic (exact) mass is 273 g/mol. The van der Waals surface area contributed by atoms with E-state index < -0.39 is 14.0 Å². The zero-order chi connectivity index (χ0) is 14.0. The van der Waals surface area contributed by atoms with Gasteiger partial charge in [0.05, 0.1) is 0 Å². The summed E-state index contributed by atoms with van der Waals surface area (Å²) in [5, 5.41) is 8.51. The molecule has 0 aliphatic heterocycles. The molecular formula is C14H31NO2Si. The molecular weight excluding hydrogens is 242 g/mol. The van der Waals surface area contributed by atoms with E-state index in [4.69, 9.17) is 10.8 Å². The number of hydrogen-bond donors (Lipinski definition) is 2. The van der Waals surface area contributed by atoms with Crippen LogP contribution in [0.2, 0.25) is 25.7 Å². The van der Waals surface area contributed by atoms with Crippen LogP contribution in [0.5, 0.6) is 0 Å². The lowest BCUT2D eigenvalue weighted by Gasteiger charge is -2.16. The molecule has 108 valence electrons. The number of unbranched alkanes of at least 4 members (excludes halogenated alkanes) is 3. The Morgan fingerprint density at radius 3 is 2.11 bits per heavy atom. The van der Waals surface area contributed by atoms with Crippen molar-refractivity contribution in [2.75, 3.05) is 0 Å². The minimum atomic E-state index is -0.873. The molecule has 0 saturated heterocycles. The fraction of sp³-hybridized carbons (Fsp3) is 0.929. The van der Waals surface area contributed by atoms with Gasteiger partial charge < -0.3 is 10.8 Å². The average Bonchev–Trinajstić information content (AvgIpc) is 2.22. The molecule has 0 spiro atoms. The summed E-state index contributed by atoms with van der Waals surface area (Å²) in [5.41, 5.74) is 6.06. The third-order valence-electron chi connectivity index (χ3n) is 3.22. The Balaban J connectivity index is 3.32. The number of hydrogen-bond acceptors (Lipinski definition) is 2. The summed E-state index contributed by atoms with van der Waals surface area (Å²) in [5.74, 6) is -0.689. The first-order valence-electron chi connectivity index (χ1n) is 7.28. The highest BCUT2D eigenvalue weighted by molar-refractivity contribution is 6.76. The smallest absolute Gasteiger partial charge is 0.303 e. The number of carboxylic acids is 1. The zero-order valence-electron chi connectivity index (χ0n) is 12.4. The van der Waals surface area contributed by atoms with Gasteiger partial charge in [-0.25, -0.2) is 0 Å². The van der Waals surface area contributed by atoms with E-state index in [9.17, 15) is 4.79 Å². The van der Waals surface area contributed by atoms with Crippen molar-refractivity contribution in [3.05, 3.63) is 0 Å². The van der Waals surface area contributed by atoms with Gasteiger partial charge in [0.1, 0.15) is 0 Å². The lowest BCUT2D eigenvalue weighted by molar-refractivity contribution is -0.137. The van der Waals surface area contributed by atoms with Gasteiger partial charge in [0, 0.05) is 20.5 Å². The molecule has 1 unspecified atom stereocenters. The lowest BCUT2D eigenvalue weighted by Crippen LogP contribution is -2.21. The zero-order valence-corrected chi connectivity index (χ0v) is 13.4. The maximum Gasteiger partial charge on any atom is 0.303 e. The molecule has 0 saturated carbocycles. The van der Waals surface area contributed by atoms with Gasteiger partial charge in [-0.05, 0) is 19.3 Å². The Labute approximate surface area is 113 Å². The molecule has 0 aromatic carbocycles. The van der Waals surface area contributed by atoms with Crippen molar-refractivity contribution in [3.63, 3.8) is 0 Å². The minimum absolute atomic E-state index is 0.297. The van der Waals surface area contributed by atoms with Crippen LogP contribution in [-0.2, 0) is 4.79 Å². The van der Waals surface area contributed by atoms with Gasteiger partial charge in [-0.1, -0.05) is 51.4 Å². The Morgan fingerprint density at radius 2 is 1.61 bits per heavy atom. The largest absolute Gasteiger partial charge is 0.481 e. The number of nitrogens with two attached hydrogens (primary N) is 1. The molecule has 18 heavy (non-hydrogen) atoms. The standard InChI is InChI=1S/C14H31NO2Si/c1-18(2,3)12-8-7-10-13(15)9-5-4-6-11-14(16)17/h13H,4-12,15H2,1-3H3,(H,16,17). The number of rotatable bonds is 11. The van der Waals surface area contributed by atoms with E-state index in [0.717, 1.165) is 32.1 Å². The van der Waals surface area contributed by atoms with Crippen molar-refractivity contribution in [3.8, 4) is 0 Å². The van der Waals surface area contributed by atoms with Crippen LogP contribution in [0.15, 0.2) is 0 Å². The Bertz CT molecular complexity index is 226. The van der Waals surface area contributed by atoms with Gasteiger partial charge >= 0.3 is 5.97 Å². The molecule has 0 rings (SSSR count). The van der Waals surface area contributed by atoms with Crippen molar-refractivity contribution in [2.24, 2.45) is 5.73 Å². The molecule has 0 aromatic rings. The van der Waals surface area contributed by atoms with Crippen LogP contribution in [0, 0.1) is 0 Å². The third-order valence-corrected chi connectivity index (χ3v) is 5.07. The molecule has 0 radical (unpaired) electrons. The van der Waals surface area contributed by atoms with Crippen LogP contribution in [0.25, 0.3) is 0 Å². The predicted octanol–water partition coefficient (Wildman–Crippen LogP) is 3.86. The van der Waals surface area contributed by atoms with Gasteiger partial charge in [-0.3, -0.25) is 4.79 Å². The van der Waals surface area contributed by atoms with E-state index in [0.29, 0.717) is 12.5 Å². The lowest BCUT2D eigenvalue weighted by atomic mass is 10.0. The predicted molar refractivity (Wildman–Crippen MR) is 80.7 cm³/mol. The molecule has 0 fully saturated rings. The quantitative estimate of drug-likeness (QED) is 0.444. The maximum absolute atomic E-state index is 10.3. The summed E-state index contributed by atoms with van der Waals surface area (Å²) in [4.78, 5) is 10.3. The molecule has 0 aliphatic carbocycles. The fourth-order valence-electron chi connectivity index (χ4n) is 2.07. The van der Waals surface area contributed by atoms with Crippen molar-refractivity contribution >= 4 is 14.0 Å². The Kier molecular flexibility index (Phi) is 9.37. The molecule has 4 heteroatoms. The van der Waals surface area contributed by atoms with Crippen molar-refractivity contribution in [1.82, 2.24) is 0 Å².